The van der Waals surface area contributed by atoms with Gasteiger partial charge in [0.1, 0.15) is 40.1 Å². The second-order valence-electron chi connectivity index (χ2n) is 9.78. The molecular formula is C23H27F5N6O3S. The Hall–Kier alpha value is -3.20. The first-order valence-electron chi connectivity index (χ1n) is 11.6. The summed E-state index contributed by atoms with van der Waals surface area (Å²) in [4.78, 5) is 25.3. The second kappa shape index (κ2) is 9.52. The van der Waals surface area contributed by atoms with Crippen molar-refractivity contribution < 1.29 is 35.7 Å². The van der Waals surface area contributed by atoms with Crippen molar-refractivity contribution in [3.63, 3.8) is 0 Å². The van der Waals surface area contributed by atoms with Gasteiger partial charge in [-0.15, -0.1) is 0 Å². The lowest BCUT2D eigenvalue weighted by molar-refractivity contribution is -0.148. The fourth-order valence-corrected chi connectivity index (χ4v) is 8.24. The van der Waals surface area contributed by atoms with E-state index in [0.29, 0.717) is 13.0 Å². The van der Waals surface area contributed by atoms with Crippen LogP contribution in [0, 0.1) is 5.82 Å². The van der Waals surface area contributed by atoms with Gasteiger partial charge in [-0.25, -0.2) is 23.1 Å². The van der Waals surface area contributed by atoms with Crippen LogP contribution in [0.15, 0.2) is 35.5 Å². The van der Waals surface area contributed by atoms with Crippen molar-refractivity contribution in [2.24, 2.45) is 10.7 Å². The highest BCUT2D eigenvalue weighted by Crippen LogP contribution is 2.48. The number of rotatable bonds is 7. The molecule has 2 aromatic heterocycles. The first-order valence-corrected chi connectivity index (χ1v) is 13.3. The Morgan fingerprint density at radius 1 is 1.29 bits per heavy atom. The van der Waals surface area contributed by atoms with E-state index in [4.69, 9.17) is 5.73 Å². The van der Waals surface area contributed by atoms with Crippen molar-refractivity contribution >= 4 is 27.7 Å². The van der Waals surface area contributed by atoms with E-state index in [0.717, 1.165) is 24.4 Å². The topological polar surface area (TPSA) is 132 Å². The zero-order valence-electron chi connectivity index (χ0n) is 20.6. The van der Waals surface area contributed by atoms with Gasteiger partial charge in [0.2, 0.25) is 0 Å². The molecule has 4 N–H and O–H groups in total. The summed E-state index contributed by atoms with van der Waals surface area (Å²) in [5.41, 5.74) is 4.51. The molecule has 0 spiro atoms. The normalized spacial score (nSPS) is 24.9. The largest absolute Gasteiger partial charge is 0.485 e. The zero-order chi connectivity index (χ0) is 28.1. The predicted octanol–water partition coefficient (Wildman–Crippen LogP) is 2.81. The van der Waals surface area contributed by atoms with Gasteiger partial charge in [0.05, 0.1) is 16.2 Å². The molecule has 4 heterocycles. The third-order valence-corrected chi connectivity index (χ3v) is 11.2. The monoisotopic (exact) mass is 562 g/mol. The molecule has 2 aromatic rings. The minimum Gasteiger partial charge on any atom is -0.485 e. The van der Waals surface area contributed by atoms with Crippen LogP contribution in [0.2, 0.25) is 0 Å². The van der Waals surface area contributed by atoms with Crippen LogP contribution in [0.1, 0.15) is 43.4 Å². The highest BCUT2D eigenvalue weighted by molar-refractivity contribution is 8.04. The van der Waals surface area contributed by atoms with Gasteiger partial charge in [0.25, 0.3) is 5.91 Å². The van der Waals surface area contributed by atoms with Crippen LogP contribution in [0.3, 0.4) is 0 Å². The summed E-state index contributed by atoms with van der Waals surface area (Å²) in [6, 6.07) is 4.55. The first kappa shape index (κ1) is 27.8. The second-order valence-corrected chi connectivity index (χ2v) is 13.2. The maximum absolute atomic E-state index is 15.1. The highest BCUT2D eigenvalue weighted by atomic mass is 32.3. The highest BCUT2D eigenvalue weighted by Gasteiger charge is 2.59. The Morgan fingerprint density at radius 3 is 2.63 bits per heavy atom. The van der Waals surface area contributed by atoms with E-state index in [2.05, 4.69) is 29.7 Å². The van der Waals surface area contributed by atoms with Crippen LogP contribution in [0.5, 0.6) is 5.75 Å². The number of carbonyl (C=O) groups is 1. The van der Waals surface area contributed by atoms with Gasteiger partial charge in [0, 0.05) is 6.54 Å². The number of fused-ring (bicyclic) bond motifs is 1. The van der Waals surface area contributed by atoms with Gasteiger partial charge in [0.15, 0.2) is 6.61 Å². The SMILES string of the molecule is CC1(C)C(N)=N[C@](C)(c2nc(NC(=O)c3ccc(OCC(F)(F)C(F)F)cn3)ccc2F)[C@H]2CCN[SH]21=O. The molecule has 1 fully saturated rings. The van der Waals surface area contributed by atoms with Crippen molar-refractivity contribution in [2.45, 2.75) is 55.1 Å². The lowest BCUT2D eigenvalue weighted by atomic mass is 9.90. The quantitative estimate of drug-likeness (QED) is 0.303. The van der Waals surface area contributed by atoms with Gasteiger partial charge in [-0.05, 0) is 61.6 Å². The minimum absolute atomic E-state index is 0.0503. The molecule has 2 aliphatic heterocycles. The molecule has 0 unspecified atom stereocenters. The number of nitrogens with zero attached hydrogens (tertiary/aromatic N) is 3. The number of thiol groups is 1. The Morgan fingerprint density at radius 2 is 2.00 bits per heavy atom. The standard InChI is InChI=1S/C23H27F5N6O3S/c1-21(2)20(29)34-22(3,15-8-9-31-38(15,21)36)17-13(24)5-7-16(32-17)33-18(35)14-6-4-12(10-30-14)37-11-23(27,28)19(25)26/h4-7,10,15,19,38H,8-9,11H2,1-3H3,(H2,29,34)(H,31,36)(H,32,33,35)/t15-,22+/m1/s1. The molecule has 208 valence electrons. The third kappa shape index (κ3) is 4.61. The number of nitrogens with one attached hydrogen (secondary N) is 2. The number of hydrogen-bond donors (Lipinski definition) is 4. The number of nitrogens with two attached hydrogens (primary N) is 1. The average Bonchev–Trinajstić information content (AvgIpc) is 3.28. The third-order valence-electron chi connectivity index (χ3n) is 6.95. The Bertz CT molecular complexity index is 1320. The van der Waals surface area contributed by atoms with Crippen LogP contribution < -0.4 is 20.5 Å². The maximum Gasteiger partial charge on any atom is 0.340 e. The van der Waals surface area contributed by atoms with Crippen molar-refractivity contribution in [2.75, 3.05) is 18.5 Å². The number of pyridine rings is 2. The summed E-state index contributed by atoms with van der Waals surface area (Å²) in [5.74, 6) is -6.04. The van der Waals surface area contributed by atoms with E-state index >= 15 is 4.39 Å². The number of aliphatic imine (C=N–C) groups is 1. The van der Waals surface area contributed by atoms with Crippen molar-refractivity contribution in [3.05, 3.63) is 47.7 Å². The van der Waals surface area contributed by atoms with E-state index in [1.165, 1.54) is 6.07 Å². The van der Waals surface area contributed by atoms with Crippen LogP contribution in [-0.4, -0.2) is 61.4 Å². The van der Waals surface area contributed by atoms with E-state index in [1.807, 2.05) is 0 Å². The lowest BCUT2D eigenvalue weighted by Gasteiger charge is -2.50. The van der Waals surface area contributed by atoms with Crippen molar-refractivity contribution in [3.8, 4) is 5.75 Å². The van der Waals surface area contributed by atoms with Crippen molar-refractivity contribution in [1.82, 2.24) is 14.7 Å². The predicted molar refractivity (Wildman–Crippen MR) is 132 cm³/mol. The number of ether oxygens (including phenoxy) is 1. The van der Waals surface area contributed by atoms with Crippen LogP contribution in [0.4, 0.5) is 27.8 Å². The Kier molecular flexibility index (Phi) is 6.97. The number of amidine groups is 1. The summed E-state index contributed by atoms with van der Waals surface area (Å²) in [6.07, 6.45) is -2.52. The number of carbonyl (C=O) groups excluding carboxylic acids is 1. The van der Waals surface area contributed by atoms with Gasteiger partial charge in [-0.1, -0.05) is 0 Å². The average molecular weight is 563 g/mol. The fraction of sp³-hybridized carbons (Fsp3) is 0.478. The maximum atomic E-state index is 15.1. The van der Waals surface area contributed by atoms with Gasteiger partial charge < -0.3 is 15.8 Å². The first-order chi connectivity index (χ1) is 17.6. The number of hydrogen-bond acceptors (Lipinski definition) is 7. The number of alkyl halides is 4. The van der Waals surface area contributed by atoms with Crippen LogP contribution in [0.25, 0.3) is 0 Å². The molecule has 1 saturated heterocycles. The van der Waals surface area contributed by atoms with Gasteiger partial charge in [-0.3, -0.25) is 18.7 Å². The van der Waals surface area contributed by atoms with Crippen LogP contribution in [-0.2, 0) is 15.7 Å². The van der Waals surface area contributed by atoms with E-state index in [9.17, 15) is 26.6 Å². The van der Waals surface area contributed by atoms with Crippen molar-refractivity contribution in [1.29, 1.82) is 0 Å². The molecule has 4 rings (SSSR count). The minimum atomic E-state index is -4.34. The Labute approximate surface area is 216 Å². The molecule has 0 bridgehead atoms. The number of anilines is 1. The summed E-state index contributed by atoms with van der Waals surface area (Å²) in [7, 11) is -3.17. The summed E-state index contributed by atoms with van der Waals surface area (Å²) in [6.45, 7) is 3.94. The van der Waals surface area contributed by atoms with Gasteiger partial charge in [-0.2, -0.15) is 8.78 Å². The summed E-state index contributed by atoms with van der Waals surface area (Å²) in [5, 5.41) is 1.88. The smallest absolute Gasteiger partial charge is 0.340 e. The Balaban J connectivity index is 1.56. The molecule has 1 amide bonds. The molecule has 15 heteroatoms. The molecular weight excluding hydrogens is 535 g/mol. The number of aromatic nitrogens is 2. The van der Waals surface area contributed by atoms with Gasteiger partial charge >= 0.3 is 12.3 Å². The van der Waals surface area contributed by atoms with E-state index < -0.39 is 56.3 Å². The lowest BCUT2D eigenvalue weighted by Crippen LogP contribution is -2.64. The molecule has 0 radical (unpaired) electrons. The number of halogens is 5. The molecule has 0 saturated carbocycles. The molecule has 38 heavy (non-hydrogen) atoms. The molecule has 2 atom stereocenters. The molecule has 0 aliphatic carbocycles. The molecule has 2 aliphatic rings. The zero-order valence-corrected chi connectivity index (χ0v) is 21.5. The van der Waals surface area contributed by atoms with Crippen LogP contribution >= 0.6 is 0 Å². The molecule has 0 aromatic carbocycles. The fourth-order valence-electron chi connectivity index (χ4n) is 4.61. The summed E-state index contributed by atoms with van der Waals surface area (Å²) >= 11 is 0. The summed E-state index contributed by atoms with van der Waals surface area (Å²) < 4.78 is 86.4. The molecule has 9 nitrogen and oxygen atoms in total. The number of amides is 1. The van der Waals surface area contributed by atoms with E-state index in [-0.39, 0.29) is 28.8 Å². The van der Waals surface area contributed by atoms with E-state index in [1.54, 1.807) is 20.8 Å².